The highest BCUT2D eigenvalue weighted by Crippen LogP contribution is 2.46. The Morgan fingerprint density at radius 3 is 2.90 bits per heavy atom. The Kier molecular flexibility index (Phi) is 6.10. The minimum absolute atomic E-state index is 0.0795. The molecule has 0 radical (unpaired) electrons. The van der Waals surface area contributed by atoms with Crippen LogP contribution in [0.3, 0.4) is 0 Å². The van der Waals surface area contributed by atoms with Gasteiger partial charge in [-0.05, 0) is 50.3 Å². The van der Waals surface area contributed by atoms with E-state index in [2.05, 4.69) is 47.6 Å². The lowest BCUT2D eigenvalue weighted by Crippen LogP contribution is -2.31. The van der Waals surface area contributed by atoms with E-state index in [9.17, 15) is 4.79 Å². The zero-order valence-electron chi connectivity index (χ0n) is 18.2. The van der Waals surface area contributed by atoms with Crippen LogP contribution in [0.25, 0.3) is 20.8 Å². The number of thiophene rings is 1. The molecule has 2 aliphatic rings. The molecule has 1 atom stereocenters. The van der Waals surface area contributed by atoms with E-state index in [1.165, 1.54) is 33.5 Å². The van der Waals surface area contributed by atoms with Crippen LogP contribution in [0.4, 0.5) is 5.00 Å². The first-order valence-corrected chi connectivity index (χ1v) is 13.0. The first-order chi connectivity index (χ1) is 15.1. The SMILES string of the molecule is CCC(C)NCCC(=O)Nc1sc2c(c1-c1nc3ccccc3s1)CCN(C1CC1)C2. The molecule has 7 heteroatoms. The fraction of sp³-hybridized carbons (Fsp3) is 0.500. The number of fused-ring (bicyclic) bond motifs is 2. The Morgan fingerprint density at radius 1 is 1.29 bits per heavy atom. The van der Waals surface area contributed by atoms with Crippen LogP contribution in [0.15, 0.2) is 24.3 Å². The molecule has 5 nitrogen and oxygen atoms in total. The van der Waals surface area contributed by atoms with Crippen molar-refractivity contribution in [2.24, 2.45) is 0 Å². The van der Waals surface area contributed by atoms with Gasteiger partial charge in [-0.1, -0.05) is 19.1 Å². The molecule has 164 valence electrons. The third-order valence-corrected chi connectivity index (χ3v) is 8.55. The predicted molar refractivity (Wildman–Crippen MR) is 131 cm³/mol. The van der Waals surface area contributed by atoms with Gasteiger partial charge in [0.2, 0.25) is 5.91 Å². The van der Waals surface area contributed by atoms with Crippen LogP contribution in [0.5, 0.6) is 0 Å². The Morgan fingerprint density at radius 2 is 2.13 bits per heavy atom. The van der Waals surface area contributed by atoms with Crippen molar-refractivity contribution in [2.45, 2.75) is 64.6 Å². The van der Waals surface area contributed by atoms with E-state index in [0.717, 1.165) is 47.5 Å². The van der Waals surface area contributed by atoms with Crippen LogP contribution in [0.1, 0.15) is 50.0 Å². The zero-order valence-corrected chi connectivity index (χ0v) is 19.9. The quantitative estimate of drug-likeness (QED) is 0.487. The number of nitrogens with zero attached hydrogens (tertiary/aromatic N) is 2. The van der Waals surface area contributed by atoms with Crippen LogP contribution >= 0.6 is 22.7 Å². The maximum atomic E-state index is 12.8. The van der Waals surface area contributed by atoms with Gasteiger partial charge in [0, 0.05) is 48.6 Å². The van der Waals surface area contributed by atoms with E-state index in [1.807, 2.05) is 6.07 Å². The van der Waals surface area contributed by atoms with Gasteiger partial charge in [-0.3, -0.25) is 9.69 Å². The molecule has 1 saturated carbocycles. The van der Waals surface area contributed by atoms with E-state index < -0.39 is 0 Å². The van der Waals surface area contributed by atoms with Crippen LogP contribution in [0.2, 0.25) is 0 Å². The second kappa shape index (κ2) is 8.98. The highest BCUT2D eigenvalue weighted by atomic mass is 32.1. The highest BCUT2D eigenvalue weighted by Gasteiger charge is 2.34. The molecule has 1 fully saturated rings. The molecule has 1 aliphatic heterocycles. The lowest BCUT2D eigenvalue weighted by molar-refractivity contribution is -0.116. The number of hydrogen-bond donors (Lipinski definition) is 2. The molecule has 31 heavy (non-hydrogen) atoms. The number of amides is 1. The Balaban J connectivity index is 1.43. The monoisotopic (exact) mass is 454 g/mol. The van der Waals surface area contributed by atoms with E-state index in [-0.39, 0.29) is 5.91 Å². The molecular weight excluding hydrogens is 424 g/mol. The van der Waals surface area contributed by atoms with E-state index in [4.69, 9.17) is 4.98 Å². The second-order valence-electron chi connectivity index (χ2n) is 8.71. The number of nitrogens with one attached hydrogen (secondary N) is 2. The summed E-state index contributed by atoms with van der Waals surface area (Å²) in [6.45, 7) is 7.13. The maximum Gasteiger partial charge on any atom is 0.226 e. The van der Waals surface area contributed by atoms with Crippen LogP contribution in [-0.2, 0) is 17.8 Å². The van der Waals surface area contributed by atoms with Crippen LogP contribution < -0.4 is 10.6 Å². The lowest BCUT2D eigenvalue weighted by Gasteiger charge is -2.26. The van der Waals surface area contributed by atoms with Gasteiger partial charge < -0.3 is 10.6 Å². The van der Waals surface area contributed by atoms with Gasteiger partial charge in [-0.25, -0.2) is 4.98 Å². The van der Waals surface area contributed by atoms with Gasteiger partial charge in [-0.15, -0.1) is 22.7 Å². The summed E-state index contributed by atoms with van der Waals surface area (Å²) in [6.07, 6.45) is 5.26. The van der Waals surface area contributed by atoms with Gasteiger partial charge in [0.25, 0.3) is 0 Å². The highest BCUT2D eigenvalue weighted by molar-refractivity contribution is 7.22. The summed E-state index contributed by atoms with van der Waals surface area (Å²) in [5.74, 6) is 0.0795. The molecule has 1 aromatic carbocycles. The first-order valence-electron chi connectivity index (χ1n) is 11.4. The summed E-state index contributed by atoms with van der Waals surface area (Å²) in [5, 5.41) is 8.68. The summed E-state index contributed by atoms with van der Waals surface area (Å²) >= 11 is 3.49. The van der Waals surface area contributed by atoms with Crippen molar-refractivity contribution < 1.29 is 4.79 Å². The van der Waals surface area contributed by atoms with Gasteiger partial charge in [0.1, 0.15) is 10.0 Å². The molecule has 1 aliphatic carbocycles. The van der Waals surface area contributed by atoms with Gasteiger partial charge in [0.05, 0.1) is 10.2 Å². The van der Waals surface area contributed by atoms with Crippen molar-refractivity contribution >= 4 is 43.8 Å². The number of para-hydroxylation sites is 1. The lowest BCUT2D eigenvalue weighted by atomic mass is 10.0. The third kappa shape index (κ3) is 4.55. The standard InChI is InChI=1S/C24H30N4OS2/c1-3-15(2)25-12-10-21(29)27-24-22(23-26-18-6-4-5-7-19(18)30-23)17-11-13-28(16-8-9-16)14-20(17)31-24/h4-7,15-16,25H,3,8-14H2,1-2H3,(H,27,29). The van der Waals surface area contributed by atoms with E-state index in [0.29, 0.717) is 19.0 Å². The second-order valence-corrected chi connectivity index (χ2v) is 10.8. The normalized spacial score (nSPS) is 17.6. The molecule has 3 heterocycles. The Hall–Kier alpha value is -1.80. The fourth-order valence-electron chi connectivity index (χ4n) is 4.23. The average molecular weight is 455 g/mol. The molecule has 0 bridgehead atoms. The fourth-order valence-corrected chi connectivity index (χ4v) is 6.63. The van der Waals surface area contributed by atoms with Gasteiger partial charge >= 0.3 is 0 Å². The van der Waals surface area contributed by atoms with Gasteiger partial charge in [-0.2, -0.15) is 0 Å². The van der Waals surface area contributed by atoms with Crippen molar-refractivity contribution in [3.05, 3.63) is 34.7 Å². The molecular formula is C24H30N4OS2. The Labute approximate surface area is 191 Å². The first kappa shape index (κ1) is 21.1. The van der Waals surface area contributed by atoms with Crippen molar-refractivity contribution in [3.8, 4) is 10.6 Å². The molecule has 0 spiro atoms. The number of carbonyl (C=O) groups is 1. The van der Waals surface area contributed by atoms with E-state index in [1.54, 1.807) is 22.7 Å². The topological polar surface area (TPSA) is 57.3 Å². The minimum Gasteiger partial charge on any atom is -0.317 e. The van der Waals surface area contributed by atoms with Crippen molar-refractivity contribution in [1.29, 1.82) is 0 Å². The van der Waals surface area contributed by atoms with Crippen LogP contribution in [0, 0.1) is 0 Å². The summed E-state index contributed by atoms with van der Waals surface area (Å²) in [7, 11) is 0. The molecule has 3 aromatic rings. The van der Waals surface area contributed by atoms with Crippen LogP contribution in [-0.4, -0.2) is 41.0 Å². The van der Waals surface area contributed by atoms with Crippen molar-refractivity contribution in [3.63, 3.8) is 0 Å². The number of benzene rings is 1. The molecule has 0 saturated heterocycles. The number of hydrogen-bond acceptors (Lipinski definition) is 6. The summed E-state index contributed by atoms with van der Waals surface area (Å²) in [6, 6.07) is 9.51. The number of rotatable bonds is 8. The molecule has 5 rings (SSSR count). The molecule has 1 unspecified atom stereocenters. The number of thiazole rings is 1. The largest absolute Gasteiger partial charge is 0.317 e. The zero-order chi connectivity index (χ0) is 21.4. The summed E-state index contributed by atoms with van der Waals surface area (Å²) in [4.78, 5) is 21.7. The average Bonchev–Trinajstić information content (AvgIpc) is 3.44. The molecule has 2 aromatic heterocycles. The summed E-state index contributed by atoms with van der Waals surface area (Å²) in [5.41, 5.74) is 3.60. The smallest absolute Gasteiger partial charge is 0.226 e. The number of carbonyl (C=O) groups excluding carboxylic acids is 1. The summed E-state index contributed by atoms with van der Waals surface area (Å²) < 4.78 is 1.20. The Bertz CT molecular complexity index is 1050. The minimum atomic E-state index is 0.0795. The molecule has 2 N–H and O–H groups in total. The predicted octanol–water partition coefficient (Wildman–Crippen LogP) is 5.26. The van der Waals surface area contributed by atoms with Crippen molar-refractivity contribution in [2.75, 3.05) is 18.4 Å². The maximum absolute atomic E-state index is 12.8. The van der Waals surface area contributed by atoms with Crippen molar-refractivity contribution in [1.82, 2.24) is 15.2 Å². The number of anilines is 1. The van der Waals surface area contributed by atoms with E-state index >= 15 is 0 Å². The number of aromatic nitrogens is 1. The molecule has 1 amide bonds. The third-order valence-electron chi connectivity index (χ3n) is 6.37. The van der Waals surface area contributed by atoms with Gasteiger partial charge in [0.15, 0.2) is 0 Å².